The molecule has 0 amide bonds. The quantitative estimate of drug-likeness (QED) is 0.840. The fourth-order valence-electron chi connectivity index (χ4n) is 2.01. The Morgan fingerprint density at radius 3 is 2.81 bits per heavy atom. The Morgan fingerprint density at radius 1 is 1.38 bits per heavy atom. The van der Waals surface area contributed by atoms with Gasteiger partial charge < -0.3 is 10.1 Å². The number of benzene rings is 1. The Hall–Kier alpha value is -1.33. The maximum Gasteiger partial charge on any atom is 0.136 e. The van der Waals surface area contributed by atoms with Gasteiger partial charge in [-0.05, 0) is 43.0 Å². The van der Waals surface area contributed by atoms with Crippen molar-refractivity contribution in [1.82, 2.24) is 9.59 Å². The van der Waals surface area contributed by atoms with Gasteiger partial charge in [-0.25, -0.2) is 0 Å². The summed E-state index contributed by atoms with van der Waals surface area (Å²) < 4.78 is 9.88. The molecule has 0 aliphatic heterocycles. The topological polar surface area (TPSA) is 47.0 Å². The Labute approximate surface area is 134 Å². The number of aromatic nitrogens is 2. The fraction of sp³-hybridized carbons (Fsp3) is 0.467. The van der Waals surface area contributed by atoms with Crippen LogP contribution < -0.4 is 10.1 Å². The van der Waals surface area contributed by atoms with Gasteiger partial charge in [-0.2, -0.15) is 0 Å². The molecule has 0 atom stereocenters. The van der Waals surface area contributed by atoms with Crippen LogP contribution in [0.4, 0.5) is 5.00 Å². The first kappa shape index (κ1) is 16.0. The third-order valence-electron chi connectivity index (χ3n) is 3.17. The van der Waals surface area contributed by atoms with E-state index in [2.05, 4.69) is 28.8 Å². The number of rotatable bonds is 6. The summed E-state index contributed by atoms with van der Waals surface area (Å²) in [5, 5.41) is 9.10. The number of anilines is 1. The molecule has 0 radical (unpaired) electrons. The van der Waals surface area contributed by atoms with E-state index in [1.54, 1.807) is 0 Å². The van der Waals surface area contributed by atoms with Gasteiger partial charge in [0.15, 0.2) is 0 Å². The van der Waals surface area contributed by atoms with E-state index in [-0.39, 0.29) is 0 Å². The smallest absolute Gasteiger partial charge is 0.136 e. The highest BCUT2D eigenvalue weighted by molar-refractivity contribution is 7.10. The van der Waals surface area contributed by atoms with Crippen LogP contribution in [0.1, 0.15) is 43.5 Å². The number of nitrogens with zero attached hydrogens (tertiary/aromatic N) is 2. The van der Waals surface area contributed by atoms with Crippen molar-refractivity contribution in [3.63, 3.8) is 0 Å². The molecule has 0 saturated heterocycles. The summed E-state index contributed by atoms with van der Waals surface area (Å²) in [6.07, 6.45) is 0. The molecule has 6 heteroatoms. The molecule has 1 N–H and O–H groups in total. The van der Waals surface area contributed by atoms with Crippen LogP contribution in [0, 0.1) is 6.92 Å². The molecule has 0 saturated carbocycles. The maximum atomic E-state index is 6.28. The molecular weight excluding hydrogens is 306 g/mol. The van der Waals surface area contributed by atoms with E-state index in [1.165, 1.54) is 11.5 Å². The Morgan fingerprint density at radius 2 is 2.14 bits per heavy atom. The van der Waals surface area contributed by atoms with Crippen molar-refractivity contribution >= 4 is 28.1 Å². The standard InChI is InChI=1S/C15H20ClN3OS/c1-5-17-15-13(18-19-21-15)8-20-14-7-11(9(2)3)12(16)6-10(14)4/h6-7,9,17H,5,8H2,1-4H3. The first-order valence-electron chi connectivity index (χ1n) is 7.00. The lowest BCUT2D eigenvalue weighted by Gasteiger charge is -2.14. The fourth-order valence-corrected chi connectivity index (χ4v) is 3.08. The van der Waals surface area contributed by atoms with Gasteiger partial charge in [0.25, 0.3) is 0 Å². The summed E-state index contributed by atoms with van der Waals surface area (Å²) >= 11 is 7.63. The summed E-state index contributed by atoms with van der Waals surface area (Å²) in [5.74, 6) is 1.21. The zero-order valence-electron chi connectivity index (χ0n) is 12.7. The Balaban J connectivity index is 2.16. The lowest BCUT2D eigenvalue weighted by atomic mass is 10.0. The number of halogens is 1. The summed E-state index contributed by atoms with van der Waals surface area (Å²) in [6, 6.07) is 3.98. The van der Waals surface area contributed by atoms with Crippen LogP contribution in [0.2, 0.25) is 5.02 Å². The minimum absolute atomic E-state index is 0.360. The molecule has 1 aromatic carbocycles. The first-order chi connectivity index (χ1) is 10.0. The Bertz CT molecular complexity index is 613. The average molecular weight is 326 g/mol. The second kappa shape index (κ2) is 7.09. The van der Waals surface area contributed by atoms with E-state index in [4.69, 9.17) is 16.3 Å². The molecule has 0 aliphatic carbocycles. The molecule has 0 spiro atoms. The zero-order chi connectivity index (χ0) is 15.4. The van der Waals surface area contributed by atoms with Crippen LogP contribution in [-0.4, -0.2) is 16.1 Å². The predicted molar refractivity (Wildman–Crippen MR) is 88.7 cm³/mol. The number of aryl methyl sites for hydroxylation is 1. The van der Waals surface area contributed by atoms with Gasteiger partial charge in [0.1, 0.15) is 23.1 Å². The molecular formula is C15H20ClN3OS. The summed E-state index contributed by atoms with van der Waals surface area (Å²) in [7, 11) is 0. The predicted octanol–water partition coefficient (Wildman–Crippen LogP) is 4.63. The third kappa shape index (κ3) is 3.86. The summed E-state index contributed by atoms with van der Waals surface area (Å²) in [5.41, 5.74) is 2.96. The van der Waals surface area contributed by atoms with Gasteiger partial charge >= 0.3 is 0 Å². The first-order valence-corrected chi connectivity index (χ1v) is 8.16. The minimum Gasteiger partial charge on any atom is -0.487 e. The van der Waals surface area contributed by atoms with E-state index in [1.807, 2.05) is 26.0 Å². The molecule has 0 aliphatic rings. The lowest BCUT2D eigenvalue weighted by molar-refractivity contribution is 0.299. The van der Waals surface area contributed by atoms with Crippen molar-refractivity contribution in [3.05, 3.63) is 34.0 Å². The highest BCUT2D eigenvalue weighted by atomic mass is 35.5. The normalized spacial score (nSPS) is 11.0. The van der Waals surface area contributed by atoms with Gasteiger partial charge in [0, 0.05) is 23.1 Å². The van der Waals surface area contributed by atoms with Gasteiger partial charge in [-0.1, -0.05) is 29.9 Å². The Kier molecular flexibility index (Phi) is 5.42. The highest BCUT2D eigenvalue weighted by Crippen LogP contribution is 2.32. The molecule has 2 rings (SSSR count). The number of ether oxygens (including phenoxy) is 1. The van der Waals surface area contributed by atoms with E-state index < -0.39 is 0 Å². The molecule has 1 heterocycles. The van der Waals surface area contributed by atoms with Crippen molar-refractivity contribution < 1.29 is 4.74 Å². The minimum atomic E-state index is 0.360. The van der Waals surface area contributed by atoms with Crippen LogP contribution >= 0.6 is 23.1 Å². The average Bonchev–Trinajstić information content (AvgIpc) is 2.85. The van der Waals surface area contributed by atoms with E-state index in [0.29, 0.717) is 12.5 Å². The molecule has 2 aromatic rings. The van der Waals surface area contributed by atoms with Crippen molar-refractivity contribution in [2.45, 2.75) is 40.2 Å². The largest absolute Gasteiger partial charge is 0.487 e. The molecule has 0 fully saturated rings. The third-order valence-corrected chi connectivity index (χ3v) is 4.23. The van der Waals surface area contributed by atoms with Crippen LogP contribution in [0.3, 0.4) is 0 Å². The second-order valence-corrected chi connectivity index (χ2v) is 6.32. The lowest BCUT2D eigenvalue weighted by Crippen LogP contribution is -2.03. The molecule has 0 bridgehead atoms. The second-order valence-electron chi connectivity index (χ2n) is 5.16. The number of hydrogen-bond donors (Lipinski definition) is 1. The van der Waals surface area contributed by atoms with E-state index in [0.717, 1.165) is 39.1 Å². The number of hydrogen-bond acceptors (Lipinski definition) is 5. The maximum absolute atomic E-state index is 6.28. The van der Waals surface area contributed by atoms with Gasteiger partial charge in [-0.15, -0.1) is 5.10 Å². The van der Waals surface area contributed by atoms with Gasteiger partial charge in [0.2, 0.25) is 0 Å². The van der Waals surface area contributed by atoms with Crippen LogP contribution in [0.15, 0.2) is 12.1 Å². The van der Waals surface area contributed by atoms with Crippen molar-refractivity contribution in [2.75, 3.05) is 11.9 Å². The number of nitrogens with one attached hydrogen (secondary N) is 1. The van der Waals surface area contributed by atoms with Crippen LogP contribution in [0.25, 0.3) is 0 Å². The van der Waals surface area contributed by atoms with Crippen LogP contribution in [0.5, 0.6) is 5.75 Å². The van der Waals surface area contributed by atoms with Gasteiger partial charge in [-0.3, -0.25) is 0 Å². The molecule has 4 nitrogen and oxygen atoms in total. The van der Waals surface area contributed by atoms with Crippen molar-refractivity contribution in [1.29, 1.82) is 0 Å². The van der Waals surface area contributed by atoms with Crippen LogP contribution in [-0.2, 0) is 6.61 Å². The SMILES string of the molecule is CCNc1snnc1COc1cc(C(C)C)c(Cl)cc1C. The highest BCUT2D eigenvalue weighted by Gasteiger charge is 2.12. The van der Waals surface area contributed by atoms with Crippen molar-refractivity contribution in [3.8, 4) is 5.75 Å². The summed E-state index contributed by atoms with van der Waals surface area (Å²) in [4.78, 5) is 0. The van der Waals surface area contributed by atoms with E-state index in [9.17, 15) is 0 Å². The molecule has 114 valence electrons. The monoisotopic (exact) mass is 325 g/mol. The molecule has 1 aromatic heterocycles. The van der Waals surface area contributed by atoms with Gasteiger partial charge in [0.05, 0.1) is 0 Å². The molecule has 0 unspecified atom stereocenters. The van der Waals surface area contributed by atoms with Crippen molar-refractivity contribution in [2.24, 2.45) is 0 Å². The molecule has 21 heavy (non-hydrogen) atoms. The summed E-state index contributed by atoms with van der Waals surface area (Å²) in [6.45, 7) is 9.52. The zero-order valence-corrected chi connectivity index (χ0v) is 14.3. The van der Waals surface area contributed by atoms with E-state index >= 15 is 0 Å².